The second-order valence-electron chi connectivity index (χ2n) is 4.51. The highest BCUT2D eigenvalue weighted by Crippen LogP contribution is 2.30. The molecule has 120 valence electrons. The van der Waals surface area contributed by atoms with E-state index in [1.165, 1.54) is 12.3 Å². The fraction of sp³-hybridized carbons (Fsp3) is 0.417. The standard InChI is InChI=1S/C12H14F3N5O2/c1-6(21-2)4-17-10-8(16)3-7(5-18-10)9-19-11(22-20-9)12(13,14)15/h3,5-6H,4,16H2,1-2H3,(H,17,18)/t6-/m0/s1. The van der Waals surface area contributed by atoms with Gasteiger partial charge < -0.3 is 20.3 Å². The molecular weight excluding hydrogens is 303 g/mol. The summed E-state index contributed by atoms with van der Waals surface area (Å²) in [5.74, 6) is -1.26. The quantitative estimate of drug-likeness (QED) is 0.872. The van der Waals surface area contributed by atoms with E-state index in [4.69, 9.17) is 10.5 Å². The summed E-state index contributed by atoms with van der Waals surface area (Å²) < 4.78 is 46.5. The first-order valence-corrected chi connectivity index (χ1v) is 6.24. The highest BCUT2D eigenvalue weighted by Gasteiger charge is 2.38. The maximum atomic E-state index is 12.4. The molecule has 2 aromatic heterocycles. The highest BCUT2D eigenvalue weighted by atomic mass is 19.4. The Kier molecular flexibility index (Phi) is 4.50. The van der Waals surface area contributed by atoms with Crippen molar-refractivity contribution in [1.29, 1.82) is 0 Å². The number of methoxy groups -OCH3 is 1. The third kappa shape index (κ3) is 3.64. The Morgan fingerprint density at radius 1 is 1.45 bits per heavy atom. The van der Waals surface area contributed by atoms with Crippen LogP contribution >= 0.6 is 0 Å². The molecule has 0 radical (unpaired) electrons. The van der Waals surface area contributed by atoms with Crippen LogP contribution in [-0.2, 0) is 10.9 Å². The average molecular weight is 317 g/mol. The average Bonchev–Trinajstić information content (AvgIpc) is 2.95. The zero-order chi connectivity index (χ0) is 16.3. The van der Waals surface area contributed by atoms with Gasteiger partial charge in [-0.25, -0.2) is 4.98 Å². The summed E-state index contributed by atoms with van der Waals surface area (Å²) in [6, 6.07) is 1.41. The zero-order valence-corrected chi connectivity index (χ0v) is 11.8. The number of alkyl halides is 3. The first-order chi connectivity index (χ1) is 10.3. The first kappa shape index (κ1) is 16.0. The maximum Gasteiger partial charge on any atom is 0.471 e. The van der Waals surface area contributed by atoms with E-state index < -0.39 is 12.1 Å². The molecule has 0 saturated carbocycles. The van der Waals surface area contributed by atoms with Crippen molar-refractivity contribution in [3.05, 3.63) is 18.2 Å². The number of anilines is 2. The summed E-state index contributed by atoms with van der Waals surface area (Å²) in [7, 11) is 1.57. The van der Waals surface area contributed by atoms with E-state index in [0.29, 0.717) is 12.4 Å². The summed E-state index contributed by atoms with van der Waals surface area (Å²) in [5.41, 5.74) is 6.28. The predicted molar refractivity (Wildman–Crippen MR) is 71.9 cm³/mol. The molecule has 2 rings (SSSR count). The second kappa shape index (κ2) is 6.18. The number of hydrogen-bond donors (Lipinski definition) is 2. The van der Waals surface area contributed by atoms with Gasteiger partial charge in [0.1, 0.15) is 5.82 Å². The molecule has 22 heavy (non-hydrogen) atoms. The Balaban J connectivity index is 2.17. The van der Waals surface area contributed by atoms with Gasteiger partial charge >= 0.3 is 12.1 Å². The van der Waals surface area contributed by atoms with E-state index >= 15 is 0 Å². The molecule has 0 aliphatic heterocycles. The monoisotopic (exact) mass is 317 g/mol. The Bertz CT molecular complexity index is 644. The molecule has 10 heteroatoms. The van der Waals surface area contributed by atoms with E-state index in [2.05, 4.69) is 25.0 Å². The van der Waals surface area contributed by atoms with Crippen LogP contribution in [0.25, 0.3) is 11.4 Å². The minimum atomic E-state index is -4.69. The van der Waals surface area contributed by atoms with E-state index in [0.717, 1.165) is 0 Å². The van der Waals surface area contributed by atoms with E-state index in [-0.39, 0.29) is 23.2 Å². The first-order valence-electron chi connectivity index (χ1n) is 6.24. The van der Waals surface area contributed by atoms with Crippen LogP contribution in [0.5, 0.6) is 0 Å². The van der Waals surface area contributed by atoms with Crippen LogP contribution in [-0.4, -0.2) is 34.9 Å². The van der Waals surface area contributed by atoms with Crippen molar-refractivity contribution < 1.29 is 22.4 Å². The molecule has 0 fully saturated rings. The molecule has 3 N–H and O–H groups in total. The third-order valence-electron chi connectivity index (χ3n) is 2.80. The number of halogens is 3. The highest BCUT2D eigenvalue weighted by molar-refractivity contribution is 5.69. The number of rotatable bonds is 5. The number of aromatic nitrogens is 3. The molecule has 1 atom stereocenters. The number of nitrogens with two attached hydrogens (primary N) is 1. The fourth-order valence-electron chi connectivity index (χ4n) is 1.53. The normalized spacial score (nSPS) is 13.1. The van der Waals surface area contributed by atoms with Crippen molar-refractivity contribution in [2.24, 2.45) is 0 Å². The predicted octanol–water partition coefficient (Wildman–Crippen LogP) is 2.18. The number of nitrogen functional groups attached to an aromatic ring is 1. The van der Waals surface area contributed by atoms with Gasteiger partial charge in [0, 0.05) is 25.4 Å². The van der Waals surface area contributed by atoms with Gasteiger partial charge in [-0.15, -0.1) is 0 Å². The molecule has 0 saturated heterocycles. The molecule has 2 heterocycles. The second-order valence-corrected chi connectivity index (χ2v) is 4.51. The van der Waals surface area contributed by atoms with Crippen LogP contribution in [0.4, 0.5) is 24.7 Å². The lowest BCUT2D eigenvalue weighted by Gasteiger charge is -2.12. The van der Waals surface area contributed by atoms with Crippen LogP contribution in [0, 0.1) is 0 Å². The Hall–Kier alpha value is -2.36. The fourth-order valence-corrected chi connectivity index (χ4v) is 1.53. The van der Waals surface area contributed by atoms with Crippen LogP contribution in [0.1, 0.15) is 12.8 Å². The summed E-state index contributed by atoms with van der Waals surface area (Å²) in [4.78, 5) is 7.31. The van der Waals surface area contributed by atoms with Crippen molar-refractivity contribution in [1.82, 2.24) is 15.1 Å². The van der Waals surface area contributed by atoms with Gasteiger partial charge in [0.15, 0.2) is 0 Å². The third-order valence-corrected chi connectivity index (χ3v) is 2.80. The lowest BCUT2D eigenvalue weighted by atomic mass is 10.2. The molecule has 0 spiro atoms. The number of nitrogens with one attached hydrogen (secondary N) is 1. The number of ether oxygens (including phenoxy) is 1. The number of pyridine rings is 1. The topological polar surface area (TPSA) is 99.1 Å². The lowest BCUT2D eigenvalue weighted by molar-refractivity contribution is -0.159. The van der Waals surface area contributed by atoms with E-state index in [1.807, 2.05) is 6.92 Å². The molecule has 0 aliphatic rings. The molecule has 7 nitrogen and oxygen atoms in total. The van der Waals surface area contributed by atoms with Gasteiger partial charge in [0.05, 0.1) is 11.8 Å². The molecule has 0 bridgehead atoms. The van der Waals surface area contributed by atoms with Crippen molar-refractivity contribution in [2.75, 3.05) is 24.7 Å². The minimum absolute atomic E-state index is 0.0487. The minimum Gasteiger partial charge on any atom is -0.396 e. The van der Waals surface area contributed by atoms with Crippen LogP contribution in [0.15, 0.2) is 16.8 Å². The van der Waals surface area contributed by atoms with Crippen LogP contribution < -0.4 is 11.1 Å². The van der Waals surface area contributed by atoms with Crippen molar-refractivity contribution in [3.8, 4) is 11.4 Å². The molecular formula is C12H14F3N5O2. The van der Waals surface area contributed by atoms with Crippen molar-refractivity contribution in [3.63, 3.8) is 0 Å². The molecule has 0 aromatic carbocycles. The summed E-state index contributed by atoms with van der Waals surface area (Å²) >= 11 is 0. The van der Waals surface area contributed by atoms with Gasteiger partial charge in [0.2, 0.25) is 5.82 Å². The van der Waals surface area contributed by atoms with Crippen LogP contribution in [0.2, 0.25) is 0 Å². The Morgan fingerprint density at radius 3 is 2.73 bits per heavy atom. The molecule has 0 aliphatic carbocycles. The Morgan fingerprint density at radius 2 is 2.18 bits per heavy atom. The molecule has 0 amide bonds. The van der Waals surface area contributed by atoms with Gasteiger partial charge in [-0.2, -0.15) is 18.2 Å². The largest absolute Gasteiger partial charge is 0.471 e. The van der Waals surface area contributed by atoms with Crippen molar-refractivity contribution >= 4 is 11.5 Å². The van der Waals surface area contributed by atoms with Crippen LogP contribution in [0.3, 0.4) is 0 Å². The SMILES string of the molecule is CO[C@@H](C)CNc1ncc(-c2noc(C(F)(F)F)n2)cc1N. The molecule has 0 unspecified atom stereocenters. The van der Waals surface area contributed by atoms with Crippen molar-refractivity contribution in [2.45, 2.75) is 19.2 Å². The summed E-state index contributed by atoms with van der Waals surface area (Å²) in [6.07, 6.45) is -3.43. The van der Waals surface area contributed by atoms with E-state index in [9.17, 15) is 13.2 Å². The van der Waals surface area contributed by atoms with Gasteiger partial charge in [0.25, 0.3) is 0 Å². The van der Waals surface area contributed by atoms with Gasteiger partial charge in [-0.05, 0) is 13.0 Å². The molecule has 2 aromatic rings. The summed E-state index contributed by atoms with van der Waals surface area (Å²) in [5, 5.41) is 6.24. The zero-order valence-electron chi connectivity index (χ0n) is 11.8. The maximum absolute atomic E-state index is 12.4. The number of nitrogens with zero attached hydrogens (tertiary/aromatic N) is 3. The Labute approximate surface area is 123 Å². The van der Waals surface area contributed by atoms with E-state index in [1.54, 1.807) is 7.11 Å². The number of hydrogen-bond acceptors (Lipinski definition) is 7. The smallest absolute Gasteiger partial charge is 0.396 e. The summed E-state index contributed by atoms with van der Waals surface area (Å²) in [6.45, 7) is 2.34. The lowest BCUT2D eigenvalue weighted by Crippen LogP contribution is -2.19. The van der Waals surface area contributed by atoms with Gasteiger partial charge in [-0.3, -0.25) is 0 Å². The van der Waals surface area contributed by atoms with Gasteiger partial charge in [-0.1, -0.05) is 5.16 Å².